The van der Waals surface area contributed by atoms with Crippen molar-refractivity contribution >= 4 is 16.9 Å². The van der Waals surface area contributed by atoms with E-state index >= 15 is 0 Å². The molecule has 180 valence electrons. The number of benzene rings is 2. The van der Waals surface area contributed by atoms with Gasteiger partial charge in [0.25, 0.3) is 11.5 Å². The average Bonchev–Trinajstić information content (AvgIpc) is 3.61. The van der Waals surface area contributed by atoms with Crippen molar-refractivity contribution in [2.24, 2.45) is 0 Å². The molecule has 0 bridgehead atoms. The Balaban J connectivity index is 1.19. The van der Waals surface area contributed by atoms with Gasteiger partial charge in [-0.1, -0.05) is 6.07 Å². The molecule has 0 saturated heterocycles. The summed E-state index contributed by atoms with van der Waals surface area (Å²) in [5.74, 6) is -2.00. The lowest BCUT2D eigenvalue weighted by Gasteiger charge is -2.10. The number of carbonyl (C=O) groups excluding carboxylic acids is 1. The number of hydrogen-bond donors (Lipinski definition) is 2. The highest BCUT2D eigenvalue weighted by Gasteiger charge is 2.27. The summed E-state index contributed by atoms with van der Waals surface area (Å²) in [4.78, 5) is 40.2. The van der Waals surface area contributed by atoms with Gasteiger partial charge >= 0.3 is 5.69 Å². The highest BCUT2D eigenvalue weighted by Crippen LogP contribution is 2.36. The summed E-state index contributed by atoms with van der Waals surface area (Å²) in [6.45, 7) is 0.294. The Labute approximate surface area is 197 Å². The van der Waals surface area contributed by atoms with Gasteiger partial charge in [-0.05, 0) is 54.8 Å². The summed E-state index contributed by atoms with van der Waals surface area (Å²) in [7, 11) is 0. The number of imidazole rings is 1. The minimum atomic E-state index is -1.00. The quantitative estimate of drug-likeness (QED) is 0.379. The number of nitrogens with one attached hydrogen (secondary N) is 2. The number of aromatic nitrogens is 3. The molecule has 1 aliphatic carbocycles. The normalized spacial score (nSPS) is 13.2. The lowest BCUT2D eigenvalue weighted by molar-refractivity contribution is 0.0945. The highest BCUT2D eigenvalue weighted by molar-refractivity contribution is 5.93. The smallest absolute Gasteiger partial charge is 0.326 e. The van der Waals surface area contributed by atoms with Gasteiger partial charge in [0, 0.05) is 18.3 Å². The van der Waals surface area contributed by atoms with Gasteiger partial charge in [0.2, 0.25) is 0 Å². The van der Waals surface area contributed by atoms with Crippen LogP contribution in [0.2, 0.25) is 0 Å². The first-order valence-electron chi connectivity index (χ1n) is 11.2. The summed E-state index contributed by atoms with van der Waals surface area (Å²) in [6.07, 6.45) is 3.48. The Bertz CT molecular complexity index is 1530. The van der Waals surface area contributed by atoms with Crippen molar-refractivity contribution in [3.05, 3.63) is 98.3 Å². The van der Waals surface area contributed by atoms with Crippen molar-refractivity contribution in [1.82, 2.24) is 19.4 Å². The molecule has 1 amide bonds. The molecule has 2 aromatic carbocycles. The van der Waals surface area contributed by atoms with Gasteiger partial charge in [-0.2, -0.15) is 0 Å². The Morgan fingerprint density at radius 2 is 1.91 bits per heavy atom. The SMILES string of the molecule is O=C(NCCOc1ccc2c(c1)[nH]c(=O)n2C1CC1)c1cccn(Cc2ccc(F)c(F)c2)c1=O. The van der Waals surface area contributed by atoms with Crippen LogP contribution in [0.15, 0.2) is 64.3 Å². The predicted molar refractivity (Wildman–Crippen MR) is 125 cm³/mol. The molecule has 1 aliphatic rings. The number of amides is 1. The van der Waals surface area contributed by atoms with Crippen LogP contribution in [0.3, 0.4) is 0 Å². The predicted octanol–water partition coefficient (Wildman–Crippen LogP) is 2.96. The largest absolute Gasteiger partial charge is 0.492 e. The number of fused-ring (bicyclic) bond motifs is 1. The van der Waals surface area contributed by atoms with Crippen molar-refractivity contribution in [2.45, 2.75) is 25.4 Å². The van der Waals surface area contributed by atoms with E-state index in [0.29, 0.717) is 16.8 Å². The molecule has 0 atom stereocenters. The second-order valence-electron chi connectivity index (χ2n) is 8.42. The number of halogens is 2. The fraction of sp³-hybridized carbons (Fsp3) is 0.240. The molecule has 0 spiro atoms. The number of pyridine rings is 1. The maximum absolute atomic E-state index is 13.5. The van der Waals surface area contributed by atoms with Crippen LogP contribution in [0, 0.1) is 11.6 Å². The lowest BCUT2D eigenvalue weighted by atomic mass is 10.2. The van der Waals surface area contributed by atoms with Crippen LogP contribution in [0.4, 0.5) is 8.78 Å². The van der Waals surface area contributed by atoms with Crippen LogP contribution in [0.5, 0.6) is 5.75 Å². The number of H-pyrrole nitrogens is 1. The Morgan fingerprint density at radius 1 is 1.09 bits per heavy atom. The third-order valence-corrected chi connectivity index (χ3v) is 5.86. The fourth-order valence-electron chi connectivity index (χ4n) is 3.99. The van der Waals surface area contributed by atoms with E-state index in [1.54, 1.807) is 16.7 Å². The van der Waals surface area contributed by atoms with Crippen molar-refractivity contribution in [3.63, 3.8) is 0 Å². The molecule has 35 heavy (non-hydrogen) atoms. The van der Waals surface area contributed by atoms with E-state index in [2.05, 4.69) is 10.3 Å². The van der Waals surface area contributed by atoms with Crippen LogP contribution in [-0.4, -0.2) is 33.2 Å². The number of hydrogen-bond acceptors (Lipinski definition) is 4. The minimum Gasteiger partial charge on any atom is -0.492 e. The van der Waals surface area contributed by atoms with Crippen LogP contribution in [0.25, 0.3) is 11.0 Å². The number of carbonyl (C=O) groups is 1. The standard InChI is InChI=1S/C25H22F2N4O4/c26-19-7-3-15(12-20(19)27)14-30-10-1-2-18(24(30)33)23(32)28-9-11-35-17-6-8-22-21(13-17)29-25(34)31(22)16-4-5-16/h1-3,6-8,10,12-13,16H,4-5,9,11,14H2,(H,28,32)(H,29,34). The lowest BCUT2D eigenvalue weighted by Crippen LogP contribution is -2.34. The molecule has 2 N–H and O–H groups in total. The van der Waals surface area contributed by atoms with E-state index in [1.807, 2.05) is 6.07 Å². The van der Waals surface area contributed by atoms with Gasteiger partial charge in [-0.15, -0.1) is 0 Å². The third-order valence-electron chi connectivity index (χ3n) is 5.86. The molecule has 0 aliphatic heterocycles. The van der Waals surface area contributed by atoms with Crippen molar-refractivity contribution < 1.29 is 18.3 Å². The molecule has 0 radical (unpaired) electrons. The number of nitrogens with zero attached hydrogens (tertiary/aromatic N) is 2. The Kier molecular flexibility index (Phi) is 5.94. The molecule has 4 aromatic rings. The molecular weight excluding hydrogens is 458 g/mol. The molecule has 0 unspecified atom stereocenters. The third kappa shape index (κ3) is 4.72. The zero-order chi connectivity index (χ0) is 24.5. The first-order chi connectivity index (χ1) is 16.9. The minimum absolute atomic E-state index is 0.00664. The second kappa shape index (κ2) is 9.21. The fourth-order valence-corrected chi connectivity index (χ4v) is 3.99. The zero-order valence-corrected chi connectivity index (χ0v) is 18.6. The average molecular weight is 480 g/mol. The van der Waals surface area contributed by atoms with Crippen LogP contribution >= 0.6 is 0 Å². The second-order valence-corrected chi connectivity index (χ2v) is 8.42. The first-order valence-corrected chi connectivity index (χ1v) is 11.2. The van der Waals surface area contributed by atoms with E-state index in [-0.39, 0.29) is 37.0 Å². The maximum Gasteiger partial charge on any atom is 0.326 e. The van der Waals surface area contributed by atoms with Gasteiger partial charge in [0.1, 0.15) is 17.9 Å². The van der Waals surface area contributed by atoms with Gasteiger partial charge in [-0.3, -0.25) is 14.2 Å². The molecule has 1 saturated carbocycles. The molecular formula is C25H22F2N4O4. The van der Waals surface area contributed by atoms with E-state index in [1.165, 1.54) is 29.0 Å². The summed E-state index contributed by atoms with van der Waals surface area (Å²) >= 11 is 0. The summed E-state index contributed by atoms with van der Waals surface area (Å²) in [6, 6.07) is 11.9. The molecule has 10 heteroatoms. The number of ether oxygens (including phenoxy) is 1. The van der Waals surface area contributed by atoms with Crippen LogP contribution in [0.1, 0.15) is 34.8 Å². The summed E-state index contributed by atoms with van der Waals surface area (Å²) in [5.41, 5.74) is 1.16. The molecule has 5 rings (SSSR count). The van der Waals surface area contributed by atoms with Crippen molar-refractivity contribution in [3.8, 4) is 5.75 Å². The van der Waals surface area contributed by atoms with E-state index in [9.17, 15) is 23.2 Å². The van der Waals surface area contributed by atoms with Crippen molar-refractivity contribution in [2.75, 3.05) is 13.2 Å². The Morgan fingerprint density at radius 3 is 2.69 bits per heavy atom. The molecule has 1 fully saturated rings. The van der Waals surface area contributed by atoms with E-state index < -0.39 is 23.1 Å². The molecule has 8 nitrogen and oxygen atoms in total. The van der Waals surface area contributed by atoms with E-state index in [0.717, 1.165) is 30.5 Å². The molecule has 2 heterocycles. The maximum atomic E-state index is 13.5. The highest BCUT2D eigenvalue weighted by atomic mass is 19.2. The molecule has 2 aromatic heterocycles. The van der Waals surface area contributed by atoms with Gasteiger partial charge in [0.15, 0.2) is 11.6 Å². The van der Waals surface area contributed by atoms with Crippen LogP contribution < -0.4 is 21.3 Å². The van der Waals surface area contributed by atoms with E-state index in [4.69, 9.17) is 4.74 Å². The number of aromatic amines is 1. The number of rotatable bonds is 8. The zero-order valence-electron chi connectivity index (χ0n) is 18.6. The van der Waals surface area contributed by atoms with Gasteiger partial charge in [-0.25, -0.2) is 13.6 Å². The first kappa shape index (κ1) is 22.6. The Hall–Kier alpha value is -4.21. The summed E-state index contributed by atoms with van der Waals surface area (Å²) < 4.78 is 35.3. The summed E-state index contributed by atoms with van der Waals surface area (Å²) in [5, 5.41) is 2.64. The monoisotopic (exact) mass is 480 g/mol. The van der Waals surface area contributed by atoms with Crippen molar-refractivity contribution in [1.29, 1.82) is 0 Å². The van der Waals surface area contributed by atoms with Gasteiger partial charge < -0.3 is 19.6 Å². The van der Waals surface area contributed by atoms with Crippen LogP contribution in [-0.2, 0) is 6.54 Å². The van der Waals surface area contributed by atoms with Gasteiger partial charge in [0.05, 0.1) is 24.1 Å². The topological polar surface area (TPSA) is 98.1 Å².